The molecule has 9 rings (SSSR count). The van der Waals surface area contributed by atoms with Gasteiger partial charge in [0, 0.05) is 34.1 Å². The molecular weight excluding hydrogens is 735 g/mol. The van der Waals surface area contributed by atoms with E-state index in [1.807, 2.05) is 0 Å². The summed E-state index contributed by atoms with van der Waals surface area (Å²) < 4.78 is 0. The molecule has 0 bridgehead atoms. The van der Waals surface area contributed by atoms with E-state index in [1.165, 1.54) is 95.0 Å². The highest BCUT2D eigenvalue weighted by Gasteiger charge is 2.43. The van der Waals surface area contributed by atoms with Crippen LogP contribution in [0.2, 0.25) is 0 Å². The summed E-state index contributed by atoms with van der Waals surface area (Å²) in [6.45, 7) is 28.1. The number of hydrogen-bond donors (Lipinski definition) is 0. The fraction of sp³-hybridized carbons (Fsp3) is 0.276. The zero-order chi connectivity index (χ0) is 43.2. The summed E-state index contributed by atoms with van der Waals surface area (Å²) in [6.07, 6.45) is 0. The molecule has 0 saturated carbocycles. The monoisotopic (exact) mass is 796 g/mol. The Balaban J connectivity index is 1.32. The van der Waals surface area contributed by atoms with Gasteiger partial charge in [0.05, 0.1) is 0 Å². The van der Waals surface area contributed by atoms with Gasteiger partial charge in [-0.2, -0.15) is 0 Å². The molecule has 2 nitrogen and oxygen atoms in total. The minimum absolute atomic E-state index is 0.0156. The number of nitrogens with zero attached hydrogens (tertiary/aromatic N) is 2. The SMILES string of the molecule is CC(C)(C)c1cc(N2c3ccccc3B3c4cc(-c5ccc(-c6ccccc6)cc5)ccc4N(c4cc(C(C)(C)C)cc(C(C)(C)C)c4)c4cccc2c43)cc(C(C)(C)C)c1. The number of benzene rings is 7. The van der Waals surface area contributed by atoms with Crippen molar-refractivity contribution in [3.63, 3.8) is 0 Å². The molecule has 0 saturated heterocycles. The van der Waals surface area contributed by atoms with Gasteiger partial charge < -0.3 is 9.80 Å². The Morgan fingerprint density at radius 2 is 0.689 bits per heavy atom. The summed E-state index contributed by atoms with van der Waals surface area (Å²) >= 11 is 0. The topological polar surface area (TPSA) is 6.48 Å². The van der Waals surface area contributed by atoms with Crippen LogP contribution < -0.4 is 26.2 Å². The lowest BCUT2D eigenvalue weighted by atomic mass is 9.33. The summed E-state index contributed by atoms with van der Waals surface area (Å²) in [5.41, 5.74) is 21.6. The fourth-order valence-corrected chi connectivity index (χ4v) is 9.32. The lowest BCUT2D eigenvalue weighted by molar-refractivity contribution is 0.568. The van der Waals surface area contributed by atoms with Crippen LogP contribution in [0.3, 0.4) is 0 Å². The first-order valence-electron chi connectivity index (χ1n) is 22.2. The van der Waals surface area contributed by atoms with Crippen LogP contribution in [0.4, 0.5) is 34.1 Å². The van der Waals surface area contributed by atoms with Crippen molar-refractivity contribution in [1.82, 2.24) is 0 Å². The Hall–Kier alpha value is -5.80. The molecule has 0 fully saturated rings. The minimum atomic E-state index is -0.0262. The van der Waals surface area contributed by atoms with Crippen LogP contribution in [-0.4, -0.2) is 6.71 Å². The molecule has 0 atom stereocenters. The molecule has 61 heavy (non-hydrogen) atoms. The van der Waals surface area contributed by atoms with Gasteiger partial charge in [0.15, 0.2) is 0 Å². The Kier molecular flexibility index (Phi) is 9.59. The van der Waals surface area contributed by atoms with Gasteiger partial charge in [-0.3, -0.25) is 0 Å². The van der Waals surface area contributed by atoms with E-state index in [-0.39, 0.29) is 28.4 Å². The predicted molar refractivity (Wildman–Crippen MR) is 266 cm³/mol. The molecule has 0 radical (unpaired) electrons. The standard InChI is InChI=1S/C58H61BN2/c1-55(2,3)42-32-43(56(4,5)6)35-46(34-42)60-50-22-17-16-21-48(50)59-49-31-41(40-27-25-39(26-28-40)38-19-14-13-15-20-38)29-30-51(49)61(53-24-18-23-52(60)54(53)59)47-36-44(57(7,8)9)33-45(37-47)58(10,11)12/h13-37H,1-12H3. The van der Waals surface area contributed by atoms with Gasteiger partial charge >= 0.3 is 0 Å². The van der Waals surface area contributed by atoms with Crippen molar-refractivity contribution < 1.29 is 0 Å². The van der Waals surface area contributed by atoms with E-state index >= 15 is 0 Å². The lowest BCUT2D eigenvalue weighted by Crippen LogP contribution is -2.61. The van der Waals surface area contributed by atoms with E-state index < -0.39 is 0 Å². The number of anilines is 6. The second kappa shape index (κ2) is 14.4. The van der Waals surface area contributed by atoms with Crippen LogP contribution in [0, 0.1) is 0 Å². The molecule has 7 aromatic carbocycles. The van der Waals surface area contributed by atoms with Gasteiger partial charge in [-0.05, 0) is 131 Å². The zero-order valence-corrected chi connectivity index (χ0v) is 38.4. The van der Waals surface area contributed by atoms with Crippen molar-refractivity contribution in [3.05, 3.63) is 174 Å². The summed E-state index contributed by atoms with van der Waals surface area (Å²) in [7, 11) is 0. The number of hydrogen-bond acceptors (Lipinski definition) is 2. The van der Waals surface area contributed by atoms with Crippen molar-refractivity contribution >= 4 is 57.2 Å². The molecule has 7 aromatic rings. The lowest BCUT2D eigenvalue weighted by Gasteiger charge is -2.45. The van der Waals surface area contributed by atoms with Crippen LogP contribution in [0.1, 0.15) is 105 Å². The van der Waals surface area contributed by atoms with Crippen molar-refractivity contribution in [2.75, 3.05) is 9.80 Å². The zero-order valence-electron chi connectivity index (χ0n) is 38.4. The molecule has 0 amide bonds. The maximum atomic E-state index is 2.58. The Bertz CT molecular complexity index is 2710. The Labute approximate surface area is 366 Å². The summed E-state index contributed by atoms with van der Waals surface area (Å²) in [4.78, 5) is 5.15. The molecular formula is C58H61BN2. The molecule has 0 spiro atoms. The van der Waals surface area contributed by atoms with Crippen LogP contribution in [0.5, 0.6) is 0 Å². The van der Waals surface area contributed by atoms with Gasteiger partial charge in [0.1, 0.15) is 0 Å². The van der Waals surface area contributed by atoms with Gasteiger partial charge in [0.25, 0.3) is 6.71 Å². The van der Waals surface area contributed by atoms with E-state index in [9.17, 15) is 0 Å². The molecule has 2 aliphatic rings. The van der Waals surface area contributed by atoms with Crippen LogP contribution >= 0.6 is 0 Å². The average molecular weight is 797 g/mol. The average Bonchev–Trinajstić information content (AvgIpc) is 3.22. The second-order valence-electron chi connectivity index (χ2n) is 21.6. The number of rotatable bonds is 4. The van der Waals surface area contributed by atoms with Crippen LogP contribution in [0.25, 0.3) is 22.3 Å². The van der Waals surface area contributed by atoms with E-state index in [1.54, 1.807) is 0 Å². The van der Waals surface area contributed by atoms with E-state index in [4.69, 9.17) is 0 Å². The first-order valence-corrected chi connectivity index (χ1v) is 22.2. The molecule has 306 valence electrons. The summed E-state index contributed by atoms with van der Waals surface area (Å²) in [5, 5.41) is 0. The maximum Gasteiger partial charge on any atom is 0.252 e. The third kappa shape index (κ3) is 7.31. The summed E-state index contributed by atoms with van der Waals surface area (Å²) in [5.74, 6) is 0. The van der Waals surface area contributed by atoms with Gasteiger partial charge in [-0.15, -0.1) is 0 Å². The molecule has 2 aliphatic heterocycles. The predicted octanol–water partition coefficient (Wildman–Crippen LogP) is 14.3. The second-order valence-corrected chi connectivity index (χ2v) is 21.6. The third-order valence-corrected chi connectivity index (χ3v) is 13.0. The fourth-order valence-electron chi connectivity index (χ4n) is 9.32. The first kappa shape index (κ1) is 40.6. The van der Waals surface area contributed by atoms with Crippen LogP contribution in [0.15, 0.2) is 152 Å². The van der Waals surface area contributed by atoms with Crippen LogP contribution in [-0.2, 0) is 21.7 Å². The van der Waals surface area contributed by atoms with Gasteiger partial charge in [-0.1, -0.05) is 186 Å². The van der Waals surface area contributed by atoms with Crippen molar-refractivity contribution in [3.8, 4) is 22.3 Å². The van der Waals surface area contributed by atoms with E-state index in [2.05, 4.69) is 245 Å². The highest BCUT2D eigenvalue weighted by atomic mass is 15.2. The first-order chi connectivity index (χ1) is 28.8. The van der Waals surface area contributed by atoms with Gasteiger partial charge in [-0.25, -0.2) is 0 Å². The number of para-hydroxylation sites is 1. The third-order valence-electron chi connectivity index (χ3n) is 13.0. The molecule has 0 aromatic heterocycles. The van der Waals surface area contributed by atoms with Gasteiger partial charge in [0.2, 0.25) is 0 Å². The Morgan fingerprint density at radius 3 is 1.16 bits per heavy atom. The molecule has 2 heterocycles. The maximum absolute atomic E-state index is 2.58. The minimum Gasteiger partial charge on any atom is -0.311 e. The largest absolute Gasteiger partial charge is 0.311 e. The van der Waals surface area contributed by atoms with Crippen molar-refractivity contribution in [2.24, 2.45) is 0 Å². The molecule has 0 unspecified atom stereocenters. The smallest absolute Gasteiger partial charge is 0.252 e. The molecule has 0 aliphatic carbocycles. The Morgan fingerprint density at radius 1 is 0.311 bits per heavy atom. The van der Waals surface area contributed by atoms with E-state index in [0.29, 0.717) is 0 Å². The highest BCUT2D eigenvalue weighted by Crippen LogP contribution is 2.47. The van der Waals surface area contributed by atoms with Crippen molar-refractivity contribution in [1.29, 1.82) is 0 Å². The quantitative estimate of drug-likeness (QED) is 0.164. The summed E-state index contributed by atoms with van der Waals surface area (Å²) in [6, 6.07) is 57.8. The number of fused-ring (bicyclic) bond motifs is 4. The molecule has 3 heteroatoms. The van der Waals surface area contributed by atoms with Crippen molar-refractivity contribution in [2.45, 2.75) is 105 Å². The normalized spacial score (nSPS) is 13.8. The highest BCUT2D eigenvalue weighted by molar-refractivity contribution is 7.00. The molecule has 0 N–H and O–H groups in total. The van der Waals surface area contributed by atoms with E-state index in [0.717, 1.165) is 0 Å².